The van der Waals surface area contributed by atoms with E-state index in [1.165, 1.54) is 24.5 Å². The van der Waals surface area contributed by atoms with Crippen LogP contribution in [0.25, 0.3) is 0 Å². The van der Waals surface area contributed by atoms with E-state index in [2.05, 4.69) is 15.7 Å². The Bertz CT molecular complexity index is 1040. The van der Waals surface area contributed by atoms with Crippen molar-refractivity contribution in [2.24, 2.45) is 0 Å². The predicted octanol–water partition coefficient (Wildman–Crippen LogP) is 4.84. The van der Waals surface area contributed by atoms with E-state index < -0.39 is 30.0 Å². The summed E-state index contributed by atoms with van der Waals surface area (Å²) in [7, 11) is 0. The van der Waals surface area contributed by atoms with Crippen LogP contribution < -0.4 is 10.6 Å². The number of hydrogen-bond donors (Lipinski definition) is 2. The summed E-state index contributed by atoms with van der Waals surface area (Å²) in [5.41, 5.74) is 0.363. The standard InChI is InChI=1S/C19H16F4N4O2/c1-10-4-5-11(7-12(10)20)24-18(28)14-9-17-25-13(15-3-2-6-29-15)8-16(19(21,22)23)27(17)26-14/h2-7,9,13,16,25H,8H2,1H3,(H,24,28)/t13-,16+/m0/s1. The number of rotatable bonds is 3. The van der Waals surface area contributed by atoms with E-state index in [-0.39, 0.29) is 23.6 Å². The molecule has 0 aliphatic carbocycles. The van der Waals surface area contributed by atoms with E-state index in [9.17, 15) is 22.4 Å². The average molecular weight is 408 g/mol. The molecule has 29 heavy (non-hydrogen) atoms. The largest absolute Gasteiger partial charge is 0.467 e. The number of benzene rings is 1. The summed E-state index contributed by atoms with van der Waals surface area (Å²) in [6.45, 7) is 1.57. The van der Waals surface area contributed by atoms with E-state index in [1.54, 1.807) is 19.1 Å². The van der Waals surface area contributed by atoms with Gasteiger partial charge in [-0.05, 0) is 36.8 Å². The molecule has 0 saturated carbocycles. The fourth-order valence-corrected chi connectivity index (χ4v) is 3.23. The number of fused-ring (bicyclic) bond motifs is 1. The minimum atomic E-state index is -4.57. The molecule has 1 aromatic carbocycles. The van der Waals surface area contributed by atoms with E-state index in [0.29, 0.717) is 11.3 Å². The summed E-state index contributed by atoms with van der Waals surface area (Å²) >= 11 is 0. The number of furan rings is 1. The van der Waals surface area contributed by atoms with E-state index >= 15 is 0 Å². The molecule has 152 valence electrons. The second-order valence-electron chi connectivity index (χ2n) is 6.78. The van der Waals surface area contributed by atoms with Crippen LogP contribution in [-0.2, 0) is 0 Å². The monoisotopic (exact) mass is 408 g/mol. The number of amides is 1. The first-order chi connectivity index (χ1) is 13.7. The Morgan fingerprint density at radius 3 is 2.76 bits per heavy atom. The zero-order valence-electron chi connectivity index (χ0n) is 15.1. The molecule has 0 bridgehead atoms. The number of nitrogens with one attached hydrogen (secondary N) is 2. The number of hydrogen-bond acceptors (Lipinski definition) is 4. The number of anilines is 2. The Morgan fingerprint density at radius 1 is 1.31 bits per heavy atom. The lowest BCUT2D eigenvalue weighted by Gasteiger charge is -2.32. The minimum Gasteiger partial charge on any atom is -0.467 e. The van der Waals surface area contributed by atoms with Crippen molar-refractivity contribution in [1.82, 2.24) is 9.78 Å². The molecule has 1 aliphatic heterocycles. The van der Waals surface area contributed by atoms with Crippen LogP contribution in [0.1, 0.15) is 40.3 Å². The van der Waals surface area contributed by atoms with Crippen LogP contribution in [0.4, 0.5) is 29.1 Å². The molecular weight excluding hydrogens is 392 g/mol. The fourth-order valence-electron chi connectivity index (χ4n) is 3.23. The van der Waals surface area contributed by atoms with Gasteiger partial charge >= 0.3 is 6.18 Å². The number of carbonyl (C=O) groups excluding carboxylic acids is 1. The predicted molar refractivity (Wildman–Crippen MR) is 96.1 cm³/mol. The van der Waals surface area contributed by atoms with E-state index in [4.69, 9.17) is 4.42 Å². The molecule has 2 N–H and O–H groups in total. The highest BCUT2D eigenvalue weighted by Gasteiger charge is 2.47. The van der Waals surface area contributed by atoms with Crippen LogP contribution in [-0.4, -0.2) is 21.9 Å². The third-order valence-electron chi connectivity index (χ3n) is 4.74. The maximum Gasteiger partial charge on any atom is 0.410 e. The van der Waals surface area contributed by atoms with Crippen molar-refractivity contribution in [2.75, 3.05) is 10.6 Å². The molecule has 2 aromatic heterocycles. The first kappa shape index (κ1) is 19.0. The van der Waals surface area contributed by atoms with E-state index in [0.717, 1.165) is 10.7 Å². The van der Waals surface area contributed by atoms with Gasteiger partial charge in [-0.2, -0.15) is 18.3 Å². The first-order valence-electron chi connectivity index (χ1n) is 8.76. The second-order valence-corrected chi connectivity index (χ2v) is 6.78. The van der Waals surface area contributed by atoms with Crippen LogP contribution in [0.3, 0.4) is 0 Å². The van der Waals surface area contributed by atoms with Gasteiger partial charge in [0.2, 0.25) is 0 Å². The smallest absolute Gasteiger partial charge is 0.410 e. The molecule has 1 amide bonds. The van der Waals surface area contributed by atoms with Crippen molar-refractivity contribution in [2.45, 2.75) is 31.6 Å². The molecule has 3 heterocycles. The number of nitrogens with zero attached hydrogens (tertiary/aromatic N) is 2. The highest BCUT2D eigenvalue weighted by molar-refractivity contribution is 6.03. The molecule has 6 nitrogen and oxygen atoms in total. The Hall–Kier alpha value is -3.30. The molecule has 2 atom stereocenters. The summed E-state index contributed by atoms with van der Waals surface area (Å²) in [5, 5.41) is 9.22. The minimum absolute atomic E-state index is 0.0419. The Labute approximate surface area is 162 Å². The average Bonchev–Trinajstić information content (AvgIpc) is 3.32. The molecular formula is C19H16F4N4O2. The number of aromatic nitrogens is 2. The molecule has 0 radical (unpaired) electrons. The van der Waals surface area contributed by atoms with Crippen molar-refractivity contribution >= 4 is 17.4 Å². The first-order valence-corrected chi connectivity index (χ1v) is 8.76. The van der Waals surface area contributed by atoms with Crippen LogP contribution in [0.5, 0.6) is 0 Å². The highest BCUT2D eigenvalue weighted by atomic mass is 19.4. The lowest BCUT2D eigenvalue weighted by atomic mass is 10.0. The molecule has 0 spiro atoms. The van der Waals surface area contributed by atoms with E-state index in [1.807, 2.05) is 0 Å². The Morgan fingerprint density at radius 2 is 2.10 bits per heavy atom. The van der Waals surface area contributed by atoms with Crippen molar-refractivity contribution in [3.05, 3.63) is 65.5 Å². The van der Waals surface area contributed by atoms with Gasteiger partial charge in [0.1, 0.15) is 17.4 Å². The van der Waals surface area contributed by atoms with Gasteiger partial charge in [0.15, 0.2) is 11.7 Å². The van der Waals surface area contributed by atoms with Gasteiger partial charge in [-0.3, -0.25) is 4.79 Å². The summed E-state index contributed by atoms with van der Waals surface area (Å²) in [6.07, 6.45) is -3.53. The topological polar surface area (TPSA) is 72.1 Å². The maximum absolute atomic E-state index is 13.7. The normalized spacial score (nSPS) is 18.8. The third kappa shape index (κ3) is 3.69. The zero-order valence-corrected chi connectivity index (χ0v) is 15.1. The number of halogens is 4. The highest BCUT2D eigenvalue weighted by Crippen LogP contribution is 2.43. The van der Waals surface area contributed by atoms with Gasteiger partial charge in [0.05, 0.1) is 12.3 Å². The molecule has 0 saturated heterocycles. The number of carbonyl (C=O) groups is 1. The number of alkyl halides is 3. The van der Waals surface area contributed by atoms with Gasteiger partial charge in [-0.1, -0.05) is 6.07 Å². The maximum atomic E-state index is 13.7. The van der Waals surface area contributed by atoms with Gasteiger partial charge in [0.25, 0.3) is 5.91 Å². The third-order valence-corrected chi connectivity index (χ3v) is 4.74. The van der Waals surface area contributed by atoms with Gasteiger partial charge in [-0.15, -0.1) is 0 Å². The summed E-state index contributed by atoms with van der Waals surface area (Å²) < 4.78 is 60.5. The van der Waals surface area contributed by atoms with Crippen molar-refractivity contribution in [1.29, 1.82) is 0 Å². The lowest BCUT2D eigenvalue weighted by Crippen LogP contribution is -2.35. The molecule has 1 aliphatic rings. The van der Waals surface area contributed by atoms with Crippen molar-refractivity contribution < 1.29 is 26.8 Å². The van der Waals surface area contributed by atoms with Crippen LogP contribution in [0.2, 0.25) is 0 Å². The fraction of sp³-hybridized carbons (Fsp3) is 0.263. The summed E-state index contributed by atoms with van der Waals surface area (Å²) in [4.78, 5) is 12.5. The van der Waals surface area contributed by atoms with Crippen LogP contribution >= 0.6 is 0 Å². The SMILES string of the molecule is Cc1ccc(NC(=O)c2cc3n(n2)[C@@H](C(F)(F)F)C[C@@H](c2ccco2)N3)cc1F. The second kappa shape index (κ2) is 6.94. The van der Waals surface area contributed by atoms with Crippen LogP contribution in [0, 0.1) is 12.7 Å². The number of aryl methyl sites for hydroxylation is 1. The molecule has 4 rings (SSSR count). The van der Waals surface area contributed by atoms with Crippen molar-refractivity contribution in [3.63, 3.8) is 0 Å². The summed E-state index contributed by atoms with van der Waals surface area (Å²) in [5.74, 6) is -0.854. The molecule has 10 heteroatoms. The van der Waals surface area contributed by atoms with Gasteiger partial charge < -0.3 is 15.1 Å². The molecule has 0 unspecified atom stereocenters. The Balaban J connectivity index is 1.63. The summed E-state index contributed by atoms with van der Waals surface area (Å²) in [6, 6.07) is 5.87. The quantitative estimate of drug-likeness (QED) is 0.609. The van der Waals surface area contributed by atoms with Gasteiger partial charge in [-0.25, -0.2) is 9.07 Å². The molecule has 3 aromatic rings. The van der Waals surface area contributed by atoms with Gasteiger partial charge in [0, 0.05) is 18.2 Å². The zero-order chi connectivity index (χ0) is 20.8. The Kier molecular flexibility index (Phi) is 4.56. The molecule has 0 fully saturated rings. The van der Waals surface area contributed by atoms with Crippen molar-refractivity contribution in [3.8, 4) is 0 Å². The lowest BCUT2D eigenvalue weighted by molar-refractivity contribution is -0.174. The van der Waals surface area contributed by atoms with Crippen LogP contribution in [0.15, 0.2) is 47.1 Å².